The summed E-state index contributed by atoms with van der Waals surface area (Å²) in [6.07, 6.45) is 0.332. The second kappa shape index (κ2) is 3.42. The van der Waals surface area contributed by atoms with Crippen LogP contribution in [0.25, 0.3) is 0 Å². The number of rotatable bonds is 3. The second-order valence-corrected chi connectivity index (χ2v) is 3.51. The highest BCUT2D eigenvalue weighted by atomic mass is 31.0. The van der Waals surface area contributed by atoms with Gasteiger partial charge in [-0.15, -0.1) is 9.24 Å². The number of hydrogen-bond donors (Lipinski definition) is 0. The largest absolute Gasteiger partial charge is 0.491 e. The first-order valence-corrected chi connectivity index (χ1v) is 4.52. The molecule has 0 bridgehead atoms. The van der Waals surface area contributed by atoms with Crippen LogP contribution < -0.4 is 10.0 Å². The summed E-state index contributed by atoms with van der Waals surface area (Å²) >= 11 is 0. The van der Waals surface area contributed by atoms with Crippen LogP contribution in [0, 0.1) is 0 Å². The summed E-state index contributed by atoms with van der Waals surface area (Å²) < 4.78 is 10.5. The summed E-state index contributed by atoms with van der Waals surface area (Å²) in [6.45, 7) is 1.52. The first-order valence-electron chi connectivity index (χ1n) is 3.94. The minimum Gasteiger partial charge on any atom is -0.491 e. The molecule has 1 heterocycles. The second-order valence-electron chi connectivity index (χ2n) is 2.84. The molecule has 1 saturated heterocycles. The Morgan fingerprint density at radius 1 is 1.58 bits per heavy atom. The highest BCUT2D eigenvalue weighted by Gasteiger charge is 2.22. The zero-order chi connectivity index (χ0) is 8.39. The van der Waals surface area contributed by atoms with Crippen LogP contribution in [0.15, 0.2) is 24.3 Å². The molecule has 0 N–H and O–H groups in total. The van der Waals surface area contributed by atoms with Gasteiger partial charge in [-0.25, -0.2) is 0 Å². The quantitative estimate of drug-likeness (QED) is 0.513. The first kappa shape index (κ1) is 8.03. The van der Waals surface area contributed by atoms with Gasteiger partial charge in [0, 0.05) is 0 Å². The zero-order valence-corrected chi connectivity index (χ0v) is 7.85. The van der Waals surface area contributed by atoms with E-state index in [1.54, 1.807) is 0 Å². The third-order valence-electron chi connectivity index (χ3n) is 1.70. The molecule has 2 atom stereocenters. The molecule has 2 unspecified atom stereocenters. The molecular weight excluding hydrogens is 171 g/mol. The van der Waals surface area contributed by atoms with Gasteiger partial charge in [-0.05, 0) is 17.4 Å². The van der Waals surface area contributed by atoms with Crippen molar-refractivity contribution in [3.63, 3.8) is 0 Å². The van der Waals surface area contributed by atoms with E-state index >= 15 is 0 Å². The van der Waals surface area contributed by atoms with E-state index in [1.165, 1.54) is 0 Å². The van der Waals surface area contributed by atoms with Crippen molar-refractivity contribution >= 4 is 14.5 Å². The smallest absolute Gasteiger partial charge is 0.120 e. The van der Waals surface area contributed by atoms with Crippen molar-refractivity contribution in [3.8, 4) is 5.75 Å². The molecule has 2 nitrogen and oxygen atoms in total. The molecule has 3 heteroatoms. The van der Waals surface area contributed by atoms with E-state index in [4.69, 9.17) is 9.47 Å². The third-order valence-corrected chi connectivity index (χ3v) is 2.06. The Labute approximate surface area is 74.1 Å². The van der Waals surface area contributed by atoms with Crippen LogP contribution in [-0.2, 0) is 4.74 Å². The van der Waals surface area contributed by atoms with Gasteiger partial charge >= 0.3 is 0 Å². The minimum atomic E-state index is 0.332. The van der Waals surface area contributed by atoms with Gasteiger partial charge in [0.15, 0.2) is 0 Å². The predicted molar refractivity (Wildman–Crippen MR) is 51.0 cm³/mol. The highest BCUT2D eigenvalue weighted by Crippen LogP contribution is 2.13. The Morgan fingerprint density at radius 2 is 2.42 bits per heavy atom. The topological polar surface area (TPSA) is 21.8 Å². The van der Waals surface area contributed by atoms with Gasteiger partial charge in [-0.2, -0.15) is 0 Å². The van der Waals surface area contributed by atoms with Crippen molar-refractivity contribution in [2.45, 2.75) is 6.10 Å². The summed E-state index contributed by atoms with van der Waals surface area (Å²) in [7, 11) is 2.64. The number of benzene rings is 1. The fraction of sp³-hybridized carbons (Fsp3) is 0.333. The molecule has 1 aliphatic rings. The van der Waals surface area contributed by atoms with E-state index in [-0.39, 0.29) is 0 Å². The van der Waals surface area contributed by atoms with Crippen LogP contribution in [-0.4, -0.2) is 19.3 Å². The molecule has 0 saturated carbocycles. The zero-order valence-electron chi connectivity index (χ0n) is 6.69. The lowest BCUT2D eigenvalue weighted by Crippen LogP contribution is -2.04. The average Bonchev–Trinajstić information content (AvgIpc) is 2.84. The van der Waals surface area contributed by atoms with Crippen LogP contribution in [0.2, 0.25) is 0 Å². The Balaban J connectivity index is 1.92. The molecule has 1 aromatic carbocycles. The van der Waals surface area contributed by atoms with E-state index < -0.39 is 0 Å². The molecule has 12 heavy (non-hydrogen) atoms. The van der Waals surface area contributed by atoms with Crippen molar-refractivity contribution in [1.29, 1.82) is 0 Å². The Kier molecular flexibility index (Phi) is 2.29. The summed E-state index contributed by atoms with van der Waals surface area (Å²) in [5, 5.41) is 1.14. The molecule has 1 aliphatic heterocycles. The maximum absolute atomic E-state index is 5.47. The Hall–Kier alpha value is -0.590. The lowest BCUT2D eigenvalue weighted by molar-refractivity contribution is 0.263. The van der Waals surface area contributed by atoms with Gasteiger partial charge in [0.05, 0.1) is 6.61 Å². The molecule has 0 spiro atoms. The van der Waals surface area contributed by atoms with Crippen molar-refractivity contribution in [1.82, 2.24) is 0 Å². The van der Waals surface area contributed by atoms with Crippen LogP contribution >= 0.6 is 9.24 Å². The average molecular weight is 182 g/mol. The standard InChI is InChI=1S/C9H11O2P/c12-9-3-1-2-7(4-9)10-5-8-6-11-8/h1-4,8H,5-6,12H2. The normalized spacial score (nSPS) is 20.6. The summed E-state index contributed by atoms with van der Waals surface area (Å²) in [6, 6.07) is 7.94. The van der Waals surface area contributed by atoms with Crippen LogP contribution in [0.5, 0.6) is 5.75 Å². The summed E-state index contributed by atoms with van der Waals surface area (Å²) in [5.41, 5.74) is 0. The molecular formula is C9H11O2P. The van der Waals surface area contributed by atoms with Crippen molar-refractivity contribution in [2.75, 3.05) is 13.2 Å². The Bertz CT molecular complexity index is 271. The van der Waals surface area contributed by atoms with Crippen LogP contribution in [0.3, 0.4) is 0 Å². The molecule has 0 radical (unpaired) electrons. The van der Waals surface area contributed by atoms with Crippen molar-refractivity contribution < 1.29 is 9.47 Å². The van der Waals surface area contributed by atoms with E-state index in [9.17, 15) is 0 Å². The molecule has 0 amide bonds. The van der Waals surface area contributed by atoms with E-state index in [0.717, 1.165) is 17.7 Å². The van der Waals surface area contributed by atoms with Gasteiger partial charge in [-0.3, -0.25) is 0 Å². The van der Waals surface area contributed by atoms with Gasteiger partial charge in [-0.1, -0.05) is 12.1 Å². The maximum atomic E-state index is 5.47. The summed E-state index contributed by atoms with van der Waals surface area (Å²) in [4.78, 5) is 0. The van der Waals surface area contributed by atoms with Gasteiger partial charge < -0.3 is 9.47 Å². The molecule has 1 fully saturated rings. The van der Waals surface area contributed by atoms with Crippen molar-refractivity contribution in [2.24, 2.45) is 0 Å². The lowest BCUT2D eigenvalue weighted by Gasteiger charge is -2.03. The van der Waals surface area contributed by atoms with Crippen molar-refractivity contribution in [3.05, 3.63) is 24.3 Å². The van der Waals surface area contributed by atoms with Crippen LogP contribution in [0.1, 0.15) is 0 Å². The van der Waals surface area contributed by atoms with E-state index in [2.05, 4.69) is 9.24 Å². The molecule has 0 aromatic heterocycles. The van der Waals surface area contributed by atoms with Crippen LogP contribution in [0.4, 0.5) is 0 Å². The maximum Gasteiger partial charge on any atom is 0.120 e. The van der Waals surface area contributed by atoms with Gasteiger partial charge in [0.1, 0.15) is 18.5 Å². The SMILES string of the molecule is Pc1cccc(OCC2CO2)c1. The molecule has 0 aliphatic carbocycles. The molecule has 1 aromatic rings. The summed E-state index contributed by atoms with van der Waals surface area (Å²) in [5.74, 6) is 0.915. The lowest BCUT2D eigenvalue weighted by atomic mass is 10.3. The van der Waals surface area contributed by atoms with Gasteiger partial charge in [0.2, 0.25) is 0 Å². The first-order chi connectivity index (χ1) is 5.84. The fourth-order valence-corrected chi connectivity index (χ4v) is 1.23. The number of epoxide rings is 1. The third kappa shape index (κ3) is 2.20. The van der Waals surface area contributed by atoms with E-state index in [1.807, 2.05) is 24.3 Å². The highest BCUT2D eigenvalue weighted by molar-refractivity contribution is 7.27. The van der Waals surface area contributed by atoms with Gasteiger partial charge in [0.25, 0.3) is 0 Å². The van der Waals surface area contributed by atoms with E-state index in [0.29, 0.717) is 12.7 Å². The fourth-order valence-electron chi connectivity index (χ4n) is 0.958. The number of ether oxygens (including phenoxy) is 2. The number of hydrogen-bond acceptors (Lipinski definition) is 2. The predicted octanol–water partition coefficient (Wildman–Crippen LogP) is 0.965. The monoisotopic (exact) mass is 182 g/mol. The Morgan fingerprint density at radius 3 is 3.08 bits per heavy atom. The molecule has 64 valence electrons. The molecule has 2 rings (SSSR count). The minimum absolute atomic E-state index is 0.332.